The summed E-state index contributed by atoms with van der Waals surface area (Å²) in [5, 5.41) is 27.3. The molecule has 12 nitrogen and oxygen atoms in total. The standard InChI is InChI=1S/C30H29N5O5.C2HF3O2/c1-17-13-21-6-5-18(17)10-12-40-30(39)34-22-4-2-3-20(15-22)25(16-26(36)37)35-29(38)27(21)33-23-7-8-24-19(14-23)9-11-32-28(24)31;3-2(4,5)1(6)7/h2-9,11,13-15,25,27,33H,10,12,16H2,1H3,(H2,31,32)(H,34,39)(H,35,38)(H,36,37);(H,6,7)/t25?,27-;/m0./s1. The Hall–Kier alpha value is -5.86. The van der Waals surface area contributed by atoms with Crippen LogP contribution in [0.4, 0.5) is 35.2 Å². The van der Waals surface area contributed by atoms with Gasteiger partial charge < -0.3 is 31.3 Å². The van der Waals surface area contributed by atoms with E-state index < -0.39 is 42.2 Å². The molecular formula is C32H30F3N5O7. The minimum Gasteiger partial charge on any atom is -0.481 e. The van der Waals surface area contributed by atoms with E-state index in [9.17, 15) is 32.7 Å². The van der Waals surface area contributed by atoms with E-state index in [1.54, 1.807) is 30.5 Å². The van der Waals surface area contributed by atoms with E-state index in [0.717, 1.165) is 21.9 Å². The zero-order chi connectivity index (χ0) is 34.3. The van der Waals surface area contributed by atoms with Crippen molar-refractivity contribution in [2.75, 3.05) is 23.0 Å². The number of halogens is 3. The first kappa shape index (κ1) is 34.0. The van der Waals surface area contributed by atoms with E-state index >= 15 is 0 Å². The van der Waals surface area contributed by atoms with E-state index in [2.05, 4.69) is 20.9 Å². The molecule has 3 aromatic carbocycles. The maximum atomic E-state index is 13.9. The Morgan fingerprint density at radius 2 is 1.79 bits per heavy atom. The highest BCUT2D eigenvalue weighted by atomic mass is 19.4. The number of carboxylic acids is 2. The number of nitrogens with one attached hydrogen (secondary N) is 3. The van der Waals surface area contributed by atoms with Crippen LogP contribution in [0.3, 0.4) is 0 Å². The van der Waals surface area contributed by atoms with E-state index in [0.29, 0.717) is 34.7 Å². The van der Waals surface area contributed by atoms with Crippen LogP contribution in [0.1, 0.15) is 40.8 Å². The number of fused-ring (bicyclic) bond motifs is 10. The van der Waals surface area contributed by atoms with Crippen molar-refractivity contribution in [1.82, 2.24) is 10.3 Å². The number of pyridine rings is 1. The number of hydrogen-bond acceptors (Lipinski definition) is 8. The van der Waals surface area contributed by atoms with Gasteiger partial charge in [0.2, 0.25) is 5.91 Å². The smallest absolute Gasteiger partial charge is 0.481 e. The number of anilines is 3. The second-order valence-corrected chi connectivity index (χ2v) is 10.5. The molecule has 0 fully saturated rings. The minimum absolute atomic E-state index is 0.171. The van der Waals surface area contributed by atoms with Gasteiger partial charge in [-0.05, 0) is 71.0 Å². The van der Waals surface area contributed by atoms with Crippen LogP contribution in [0.25, 0.3) is 10.8 Å². The van der Waals surface area contributed by atoms with Crippen molar-refractivity contribution in [3.63, 3.8) is 0 Å². The predicted molar refractivity (Wildman–Crippen MR) is 166 cm³/mol. The summed E-state index contributed by atoms with van der Waals surface area (Å²) in [6.07, 6.45) is -3.93. The van der Waals surface area contributed by atoms with Crippen LogP contribution in [-0.2, 0) is 25.5 Å². The van der Waals surface area contributed by atoms with Gasteiger partial charge in [0.15, 0.2) is 0 Å². The zero-order valence-electron chi connectivity index (χ0n) is 24.8. The molecule has 0 radical (unpaired) electrons. The Balaban J connectivity index is 0.000000644. The molecule has 2 aliphatic rings. The summed E-state index contributed by atoms with van der Waals surface area (Å²) in [5.74, 6) is -3.83. The third-order valence-corrected chi connectivity index (χ3v) is 7.15. The minimum atomic E-state index is -5.08. The number of aliphatic carboxylic acids is 2. The Labute approximate surface area is 265 Å². The molecule has 0 saturated heterocycles. The molecule has 2 amide bonds. The Morgan fingerprint density at radius 3 is 2.47 bits per heavy atom. The highest BCUT2D eigenvalue weighted by molar-refractivity contribution is 5.94. The molecule has 15 heteroatoms. The first-order valence-corrected chi connectivity index (χ1v) is 14.1. The first-order chi connectivity index (χ1) is 22.2. The van der Waals surface area contributed by atoms with Crippen LogP contribution < -0.4 is 21.7 Å². The van der Waals surface area contributed by atoms with Crippen LogP contribution in [0.15, 0.2) is 72.9 Å². The van der Waals surface area contributed by atoms with Gasteiger partial charge in [0.05, 0.1) is 19.1 Å². The predicted octanol–water partition coefficient (Wildman–Crippen LogP) is 5.35. The van der Waals surface area contributed by atoms with Gasteiger partial charge in [-0.3, -0.25) is 14.9 Å². The second-order valence-electron chi connectivity index (χ2n) is 10.5. The summed E-state index contributed by atoms with van der Waals surface area (Å²) in [7, 11) is 0. The summed E-state index contributed by atoms with van der Waals surface area (Å²) in [6.45, 7) is 2.10. The number of nitrogens with two attached hydrogens (primary N) is 1. The fourth-order valence-corrected chi connectivity index (χ4v) is 4.86. The Kier molecular flexibility index (Phi) is 10.5. The largest absolute Gasteiger partial charge is 0.490 e. The molecular weight excluding hydrogens is 623 g/mol. The zero-order valence-corrected chi connectivity index (χ0v) is 24.8. The van der Waals surface area contributed by atoms with Crippen molar-refractivity contribution in [3.8, 4) is 0 Å². The molecule has 1 unspecified atom stereocenters. The van der Waals surface area contributed by atoms with Crippen LogP contribution >= 0.6 is 0 Å². The average Bonchev–Trinajstić information content (AvgIpc) is 2.99. The first-order valence-electron chi connectivity index (χ1n) is 14.1. The highest BCUT2D eigenvalue weighted by Gasteiger charge is 2.38. The Bertz CT molecular complexity index is 1820. The van der Waals surface area contributed by atoms with Crippen molar-refractivity contribution >= 4 is 51.9 Å². The van der Waals surface area contributed by atoms with Gasteiger partial charge >= 0.3 is 24.2 Å². The molecule has 0 spiro atoms. The number of nitrogens with zero attached hydrogens (tertiary/aromatic N) is 1. The lowest BCUT2D eigenvalue weighted by Gasteiger charge is -2.25. The lowest BCUT2D eigenvalue weighted by molar-refractivity contribution is -0.192. The third-order valence-electron chi connectivity index (χ3n) is 7.15. The van der Waals surface area contributed by atoms with Gasteiger partial charge in [0, 0.05) is 29.4 Å². The molecule has 2 aliphatic heterocycles. The molecule has 3 heterocycles. The Morgan fingerprint density at radius 1 is 1.04 bits per heavy atom. The van der Waals surface area contributed by atoms with Crippen LogP contribution in [-0.4, -0.2) is 51.9 Å². The van der Waals surface area contributed by atoms with E-state index in [1.807, 2.05) is 49.4 Å². The van der Waals surface area contributed by atoms with E-state index in [-0.39, 0.29) is 13.0 Å². The van der Waals surface area contributed by atoms with Crippen molar-refractivity contribution in [1.29, 1.82) is 0 Å². The van der Waals surface area contributed by atoms with Gasteiger partial charge in [0.25, 0.3) is 0 Å². The molecule has 4 aromatic rings. The second kappa shape index (κ2) is 14.5. The van der Waals surface area contributed by atoms with Crippen LogP contribution in [0.5, 0.6) is 0 Å². The normalized spacial score (nSPS) is 16.6. The van der Waals surface area contributed by atoms with Gasteiger partial charge in [-0.2, -0.15) is 13.2 Å². The lowest BCUT2D eigenvalue weighted by atomic mass is 9.96. The van der Waals surface area contributed by atoms with Crippen molar-refractivity contribution < 1.29 is 47.3 Å². The van der Waals surface area contributed by atoms with Gasteiger partial charge in [-0.25, -0.2) is 14.6 Å². The molecule has 0 aliphatic carbocycles. The number of carbonyl (C=O) groups is 4. The maximum absolute atomic E-state index is 13.9. The maximum Gasteiger partial charge on any atom is 0.490 e. The molecule has 0 saturated carbocycles. The highest BCUT2D eigenvalue weighted by Crippen LogP contribution is 2.29. The molecule has 1 aromatic heterocycles. The molecule has 7 N–H and O–H groups in total. The number of aromatic nitrogens is 1. The fourth-order valence-electron chi connectivity index (χ4n) is 4.86. The van der Waals surface area contributed by atoms with Crippen LogP contribution in [0.2, 0.25) is 0 Å². The molecule has 47 heavy (non-hydrogen) atoms. The number of aryl methyl sites for hydroxylation is 1. The van der Waals surface area contributed by atoms with Gasteiger partial charge in [0.1, 0.15) is 11.9 Å². The van der Waals surface area contributed by atoms with E-state index in [1.165, 1.54) is 0 Å². The quantitative estimate of drug-likeness (QED) is 0.167. The van der Waals surface area contributed by atoms with Crippen LogP contribution in [0, 0.1) is 6.92 Å². The number of alkyl halides is 3. The lowest BCUT2D eigenvalue weighted by Crippen LogP contribution is -2.37. The molecule has 4 bridgehead atoms. The number of hydrogen-bond donors (Lipinski definition) is 6. The summed E-state index contributed by atoms with van der Waals surface area (Å²) in [4.78, 5) is 51.0. The van der Waals surface area contributed by atoms with Crippen molar-refractivity contribution in [3.05, 3.63) is 95.2 Å². The van der Waals surface area contributed by atoms with E-state index in [4.69, 9.17) is 20.4 Å². The number of amides is 2. The van der Waals surface area contributed by atoms with Gasteiger partial charge in [-0.15, -0.1) is 0 Å². The number of nitrogen functional groups attached to an aromatic ring is 1. The number of carbonyl (C=O) groups excluding carboxylic acids is 2. The van der Waals surface area contributed by atoms with Crippen molar-refractivity contribution in [2.45, 2.75) is 38.0 Å². The summed E-state index contributed by atoms with van der Waals surface area (Å²) >= 11 is 0. The third kappa shape index (κ3) is 9.09. The molecule has 6 rings (SSSR count). The number of rotatable bonds is 4. The van der Waals surface area contributed by atoms with Gasteiger partial charge in [-0.1, -0.05) is 30.3 Å². The summed E-state index contributed by atoms with van der Waals surface area (Å²) in [6, 6.07) is 18.0. The summed E-state index contributed by atoms with van der Waals surface area (Å²) < 4.78 is 37.1. The fraction of sp³-hybridized carbons (Fsp3) is 0.219. The number of benzene rings is 3. The topological polar surface area (TPSA) is 193 Å². The average molecular weight is 654 g/mol. The number of ether oxygens (including phenoxy) is 1. The summed E-state index contributed by atoms with van der Waals surface area (Å²) in [5.41, 5.74) is 10.2. The SMILES string of the molecule is Cc1cc2ccc1CCOC(=O)Nc1cccc(c1)C(CC(=O)O)NC(=O)[C@H]2Nc1ccc2c(N)nccc2c1.O=C(O)C(F)(F)F. The van der Waals surface area contributed by atoms with Crippen molar-refractivity contribution in [2.24, 2.45) is 0 Å². The number of carboxylic acid groups (broad SMARTS) is 2. The molecule has 246 valence electrons. The molecule has 2 atom stereocenters. The monoisotopic (exact) mass is 653 g/mol.